The summed E-state index contributed by atoms with van der Waals surface area (Å²) in [6.45, 7) is 5.05. The first-order valence-electron chi connectivity index (χ1n) is 6.50. The Labute approximate surface area is 132 Å². The van der Waals surface area contributed by atoms with E-state index in [-0.39, 0.29) is 0 Å². The standard InChI is InChI=1S/C14H19BrN4S/c1-9(2)14-17-12(16-3)6-13(18-14)19(4)7-11-5-10(15)8-20-11/h5-6,8-9H,7H2,1-4H3,(H,16,17,18). The molecule has 0 spiro atoms. The number of aromatic nitrogens is 2. The number of nitrogens with one attached hydrogen (secondary N) is 1. The van der Waals surface area contributed by atoms with Crippen LogP contribution >= 0.6 is 27.3 Å². The molecule has 0 saturated heterocycles. The van der Waals surface area contributed by atoms with E-state index < -0.39 is 0 Å². The molecule has 6 heteroatoms. The second-order valence-electron chi connectivity index (χ2n) is 4.96. The van der Waals surface area contributed by atoms with Gasteiger partial charge in [-0.15, -0.1) is 11.3 Å². The summed E-state index contributed by atoms with van der Waals surface area (Å²) in [6, 6.07) is 4.12. The van der Waals surface area contributed by atoms with Crippen molar-refractivity contribution in [1.82, 2.24) is 9.97 Å². The second-order valence-corrected chi connectivity index (χ2v) is 6.87. The molecule has 0 aliphatic heterocycles. The van der Waals surface area contributed by atoms with E-state index in [0.29, 0.717) is 5.92 Å². The topological polar surface area (TPSA) is 41.0 Å². The lowest BCUT2D eigenvalue weighted by Gasteiger charge is -2.19. The molecule has 0 fully saturated rings. The lowest BCUT2D eigenvalue weighted by molar-refractivity contribution is 0.765. The van der Waals surface area contributed by atoms with Gasteiger partial charge in [0.2, 0.25) is 0 Å². The number of anilines is 2. The Hall–Kier alpha value is -1.14. The lowest BCUT2D eigenvalue weighted by Crippen LogP contribution is -2.18. The first kappa shape index (κ1) is 15.3. The van der Waals surface area contributed by atoms with Crippen LogP contribution in [0.25, 0.3) is 0 Å². The molecule has 0 aliphatic carbocycles. The molecule has 0 unspecified atom stereocenters. The van der Waals surface area contributed by atoms with Gasteiger partial charge in [-0.2, -0.15) is 0 Å². The van der Waals surface area contributed by atoms with E-state index in [2.05, 4.69) is 68.5 Å². The zero-order valence-electron chi connectivity index (χ0n) is 12.1. The van der Waals surface area contributed by atoms with Crippen LogP contribution in [0.5, 0.6) is 0 Å². The average molecular weight is 355 g/mol. The molecule has 0 aliphatic rings. The molecule has 2 aromatic heterocycles. The van der Waals surface area contributed by atoms with Gasteiger partial charge in [-0.05, 0) is 22.0 Å². The van der Waals surface area contributed by atoms with E-state index in [9.17, 15) is 0 Å². The third-order valence-electron chi connectivity index (χ3n) is 2.91. The minimum Gasteiger partial charge on any atom is -0.373 e. The molecular formula is C14H19BrN4S. The molecule has 20 heavy (non-hydrogen) atoms. The molecular weight excluding hydrogens is 336 g/mol. The quantitative estimate of drug-likeness (QED) is 0.877. The van der Waals surface area contributed by atoms with E-state index in [1.165, 1.54) is 4.88 Å². The number of rotatable bonds is 5. The normalized spacial score (nSPS) is 10.9. The molecule has 0 amide bonds. The van der Waals surface area contributed by atoms with Crippen LogP contribution in [0.15, 0.2) is 22.0 Å². The SMILES string of the molecule is CNc1cc(N(C)Cc2cc(Br)cs2)nc(C(C)C)n1. The van der Waals surface area contributed by atoms with E-state index in [1.54, 1.807) is 11.3 Å². The maximum atomic E-state index is 4.65. The minimum atomic E-state index is 0.311. The van der Waals surface area contributed by atoms with E-state index in [1.807, 2.05) is 13.1 Å². The summed E-state index contributed by atoms with van der Waals surface area (Å²) in [6.07, 6.45) is 0. The van der Waals surface area contributed by atoms with Gasteiger partial charge in [-0.1, -0.05) is 13.8 Å². The van der Waals surface area contributed by atoms with Gasteiger partial charge in [-0.25, -0.2) is 9.97 Å². The molecule has 2 aromatic rings. The van der Waals surface area contributed by atoms with Gasteiger partial charge < -0.3 is 10.2 Å². The van der Waals surface area contributed by atoms with Crippen molar-refractivity contribution in [1.29, 1.82) is 0 Å². The highest BCUT2D eigenvalue weighted by Gasteiger charge is 2.11. The molecule has 0 bridgehead atoms. The summed E-state index contributed by atoms with van der Waals surface area (Å²) >= 11 is 5.23. The minimum absolute atomic E-state index is 0.311. The highest BCUT2D eigenvalue weighted by atomic mass is 79.9. The summed E-state index contributed by atoms with van der Waals surface area (Å²) in [5.41, 5.74) is 0. The van der Waals surface area contributed by atoms with Gasteiger partial charge in [0.1, 0.15) is 17.5 Å². The molecule has 1 N–H and O–H groups in total. The van der Waals surface area contributed by atoms with Crippen molar-refractivity contribution in [3.05, 3.63) is 32.7 Å². The van der Waals surface area contributed by atoms with Crippen molar-refractivity contribution in [2.45, 2.75) is 26.3 Å². The van der Waals surface area contributed by atoms with Crippen molar-refractivity contribution in [3.8, 4) is 0 Å². The average Bonchev–Trinajstić information content (AvgIpc) is 2.83. The van der Waals surface area contributed by atoms with Gasteiger partial charge in [0, 0.05) is 40.8 Å². The lowest BCUT2D eigenvalue weighted by atomic mass is 10.2. The van der Waals surface area contributed by atoms with Crippen LogP contribution in [0.2, 0.25) is 0 Å². The second kappa shape index (κ2) is 6.54. The van der Waals surface area contributed by atoms with Crippen LogP contribution in [0.1, 0.15) is 30.5 Å². The smallest absolute Gasteiger partial charge is 0.135 e. The fraction of sp³-hybridized carbons (Fsp3) is 0.429. The molecule has 0 atom stereocenters. The van der Waals surface area contributed by atoms with Crippen molar-refractivity contribution in [2.24, 2.45) is 0 Å². The predicted octanol–water partition coefficient (Wildman–Crippen LogP) is 4.10. The Balaban J connectivity index is 2.24. The van der Waals surface area contributed by atoms with Crippen molar-refractivity contribution < 1.29 is 0 Å². The van der Waals surface area contributed by atoms with E-state index >= 15 is 0 Å². The Bertz CT molecular complexity index is 582. The Kier molecular flexibility index (Phi) is 4.99. The predicted molar refractivity (Wildman–Crippen MR) is 89.8 cm³/mol. The van der Waals surface area contributed by atoms with Gasteiger partial charge in [0.25, 0.3) is 0 Å². The van der Waals surface area contributed by atoms with Gasteiger partial charge >= 0.3 is 0 Å². The maximum Gasteiger partial charge on any atom is 0.135 e. The third-order valence-corrected chi connectivity index (χ3v) is 4.59. The molecule has 108 valence electrons. The largest absolute Gasteiger partial charge is 0.373 e. The van der Waals surface area contributed by atoms with Gasteiger partial charge in [-0.3, -0.25) is 0 Å². The zero-order valence-corrected chi connectivity index (χ0v) is 14.5. The summed E-state index contributed by atoms with van der Waals surface area (Å²) < 4.78 is 1.13. The Morgan fingerprint density at radius 2 is 2.10 bits per heavy atom. The molecule has 4 nitrogen and oxygen atoms in total. The highest BCUT2D eigenvalue weighted by molar-refractivity contribution is 9.10. The van der Waals surface area contributed by atoms with Crippen LogP contribution < -0.4 is 10.2 Å². The molecule has 0 radical (unpaired) electrons. The third kappa shape index (κ3) is 3.70. The first-order chi connectivity index (χ1) is 9.49. The summed E-state index contributed by atoms with van der Waals surface area (Å²) in [7, 11) is 3.94. The fourth-order valence-electron chi connectivity index (χ4n) is 1.79. The molecule has 2 heterocycles. The van der Waals surface area contributed by atoms with Gasteiger partial charge in [0.05, 0.1) is 6.54 Å². The summed E-state index contributed by atoms with van der Waals surface area (Å²) in [5.74, 6) is 2.98. The summed E-state index contributed by atoms with van der Waals surface area (Å²) in [4.78, 5) is 12.6. The van der Waals surface area contributed by atoms with Crippen LogP contribution in [-0.4, -0.2) is 24.1 Å². The Morgan fingerprint density at radius 1 is 1.35 bits per heavy atom. The van der Waals surface area contributed by atoms with Crippen molar-refractivity contribution >= 4 is 38.9 Å². The first-order valence-corrected chi connectivity index (χ1v) is 8.17. The van der Waals surface area contributed by atoms with Crippen molar-refractivity contribution in [2.75, 3.05) is 24.3 Å². The number of thiophene rings is 1. The molecule has 0 aromatic carbocycles. The van der Waals surface area contributed by atoms with Crippen LogP contribution in [0.3, 0.4) is 0 Å². The maximum absolute atomic E-state index is 4.65. The van der Waals surface area contributed by atoms with Crippen LogP contribution in [0.4, 0.5) is 11.6 Å². The van der Waals surface area contributed by atoms with Crippen LogP contribution in [0, 0.1) is 0 Å². The van der Waals surface area contributed by atoms with E-state index in [0.717, 1.165) is 28.5 Å². The number of halogens is 1. The summed E-state index contributed by atoms with van der Waals surface area (Å²) in [5, 5.41) is 5.20. The zero-order chi connectivity index (χ0) is 14.7. The van der Waals surface area contributed by atoms with E-state index in [4.69, 9.17) is 0 Å². The van der Waals surface area contributed by atoms with Gasteiger partial charge in [0.15, 0.2) is 0 Å². The molecule has 0 saturated carbocycles. The number of hydrogen-bond acceptors (Lipinski definition) is 5. The van der Waals surface area contributed by atoms with Crippen LogP contribution in [-0.2, 0) is 6.54 Å². The van der Waals surface area contributed by atoms with Crippen molar-refractivity contribution in [3.63, 3.8) is 0 Å². The molecule has 2 rings (SSSR count). The highest BCUT2D eigenvalue weighted by Crippen LogP contribution is 2.24. The number of hydrogen-bond donors (Lipinski definition) is 1. The Morgan fingerprint density at radius 3 is 2.65 bits per heavy atom. The fourth-order valence-corrected chi connectivity index (χ4v) is 3.29. The number of nitrogens with zero attached hydrogens (tertiary/aromatic N) is 3. The monoisotopic (exact) mass is 354 g/mol.